The third kappa shape index (κ3) is 3.08. The standard InChI is InChI=1S/C12H15NO3/c1-4-11(14)16-12(15)9-5-7-10(8-6-9)13(2)3/h5-8H,4H2,1-3H3. The zero-order valence-electron chi connectivity index (χ0n) is 9.69. The molecule has 0 fully saturated rings. The van der Waals surface area contributed by atoms with Crippen molar-refractivity contribution in [2.24, 2.45) is 0 Å². The van der Waals surface area contributed by atoms with Gasteiger partial charge in [0.2, 0.25) is 0 Å². The highest BCUT2D eigenvalue weighted by Gasteiger charge is 2.11. The van der Waals surface area contributed by atoms with Crippen LogP contribution in [0.5, 0.6) is 0 Å². The molecule has 0 unspecified atom stereocenters. The first-order valence-electron chi connectivity index (χ1n) is 5.07. The van der Waals surface area contributed by atoms with Gasteiger partial charge in [0.1, 0.15) is 0 Å². The van der Waals surface area contributed by atoms with Gasteiger partial charge in [0.05, 0.1) is 5.56 Å². The molecule has 0 atom stereocenters. The molecule has 1 rings (SSSR count). The van der Waals surface area contributed by atoms with E-state index in [9.17, 15) is 9.59 Å². The number of hydrogen-bond acceptors (Lipinski definition) is 4. The molecule has 0 saturated carbocycles. The van der Waals surface area contributed by atoms with E-state index in [1.807, 2.05) is 19.0 Å². The van der Waals surface area contributed by atoms with Crippen molar-refractivity contribution in [1.29, 1.82) is 0 Å². The van der Waals surface area contributed by atoms with Crippen LogP contribution in [0.2, 0.25) is 0 Å². The number of anilines is 1. The molecule has 16 heavy (non-hydrogen) atoms. The fraction of sp³-hybridized carbons (Fsp3) is 0.333. The van der Waals surface area contributed by atoms with Gasteiger partial charge in [0.25, 0.3) is 0 Å². The van der Waals surface area contributed by atoms with Crippen molar-refractivity contribution in [3.63, 3.8) is 0 Å². The van der Waals surface area contributed by atoms with Crippen molar-refractivity contribution in [2.45, 2.75) is 13.3 Å². The van der Waals surface area contributed by atoms with Crippen LogP contribution >= 0.6 is 0 Å². The maximum Gasteiger partial charge on any atom is 0.345 e. The first-order valence-corrected chi connectivity index (χ1v) is 5.07. The molecule has 4 heteroatoms. The van der Waals surface area contributed by atoms with Crippen LogP contribution in [0.25, 0.3) is 0 Å². The van der Waals surface area contributed by atoms with Gasteiger partial charge in [-0.15, -0.1) is 0 Å². The summed E-state index contributed by atoms with van der Waals surface area (Å²) >= 11 is 0. The van der Waals surface area contributed by atoms with E-state index in [2.05, 4.69) is 4.74 Å². The van der Waals surface area contributed by atoms with Crippen LogP contribution in [0, 0.1) is 0 Å². The summed E-state index contributed by atoms with van der Waals surface area (Å²) in [5, 5.41) is 0. The second kappa shape index (κ2) is 5.30. The molecule has 86 valence electrons. The number of nitrogens with zero attached hydrogens (tertiary/aromatic N) is 1. The maximum absolute atomic E-state index is 11.4. The SMILES string of the molecule is CCC(=O)OC(=O)c1ccc(N(C)C)cc1. The second-order valence-corrected chi connectivity index (χ2v) is 3.56. The summed E-state index contributed by atoms with van der Waals surface area (Å²) in [6.07, 6.45) is 0.196. The van der Waals surface area contributed by atoms with Crippen molar-refractivity contribution >= 4 is 17.6 Å². The van der Waals surface area contributed by atoms with E-state index in [0.29, 0.717) is 5.56 Å². The Kier molecular flexibility index (Phi) is 4.05. The lowest BCUT2D eigenvalue weighted by molar-refractivity contribution is -0.137. The molecule has 0 amide bonds. The molecule has 0 aliphatic heterocycles. The van der Waals surface area contributed by atoms with E-state index < -0.39 is 11.9 Å². The predicted octanol–water partition coefficient (Wildman–Crippen LogP) is 1.85. The van der Waals surface area contributed by atoms with Crippen molar-refractivity contribution < 1.29 is 14.3 Å². The van der Waals surface area contributed by atoms with Gasteiger partial charge >= 0.3 is 11.9 Å². The van der Waals surface area contributed by atoms with Crippen LogP contribution in [0.3, 0.4) is 0 Å². The molecule has 1 aromatic carbocycles. The van der Waals surface area contributed by atoms with Crippen molar-refractivity contribution in [3.8, 4) is 0 Å². The molecule has 0 N–H and O–H groups in total. The lowest BCUT2D eigenvalue weighted by Crippen LogP contribution is -2.12. The summed E-state index contributed by atoms with van der Waals surface area (Å²) in [4.78, 5) is 24.3. The molecule has 0 spiro atoms. The molecule has 0 heterocycles. The monoisotopic (exact) mass is 221 g/mol. The Bertz CT molecular complexity index is 382. The van der Waals surface area contributed by atoms with E-state index in [1.165, 1.54) is 0 Å². The number of rotatable bonds is 3. The molecular formula is C12H15NO3. The molecule has 0 aromatic heterocycles. The van der Waals surface area contributed by atoms with Crippen LogP contribution in [-0.2, 0) is 9.53 Å². The highest BCUT2D eigenvalue weighted by atomic mass is 16.6. The Hall–Kier alpha value is -1.84. The Morgan fingerprint density at radius 1 is 1.19 bits per heavy atom. The van der Waals surface area contributed by atoms with Gasteiger partial charge in [-0.2, -0.15) is 0 Å². The fourth-order valence-electron chi connectivity index (χ4n) is 1.13. The van der Waals surface area contributed by atoms with Crippen LogP contribution in [0.1, 0.15) is 23.7 Å². The van der Waals surface area contributed by atoms with E-state index in [4.69, 9.17) is 0 Å². The van der Waals surface area contributed by atoms with Gasteiger partial charge in [0, 0.05) is 26.2 Å². The van der Waals surface area contributed by atoms with Crippen LogP contribution < -0.4 is 4.90 Å². The average molecular weight is 221 g/mol. The summed E-state index contributed by atoms with van der Waals surface area (Å²) in [6, 6.07) is 6.88. The lowest BCUT2D eigenvalue weighted by atomic mass is 10.2. The minimum Gasteiger partial charge on any atom is -0.389 e. The number of ether oxygens (including phenoxy) is 1. The van der Waals surface area contributed by atoms with Crippen LogP contribution in [0.15, 0.2) is 24.3 Å². The molecule has 0 aliphatic carbocycles. The van der Waals surface area contributed by atoms with E-state index >= 15 is 0 Å². The van der Waals surface area contributed by atoms with E-state index in [-0.39, 0.29) is 6.42 Å². The molecule has 4 nitrogen and oxygen atoms in total. The van der Waals surface area contributed by atoms with Crippen molar-refractivity contribution in [2.75, 3.05) is 19.0 Å². The fourth-order valence-corrected chi connectivity index (χ4v) is 1.13. The van der Waals surface area contributed by atoms with Gasteiger partial charge in [-0.05, 0) is 24.3 Å². The third-order valence-electron chi connectivity index (χ3n) is 2.11. The number of carbonyl (C=O) groups is 2. The Labute approximate surface area is 94.8 Å². The highest BCUT2D eigenvalue weighted by Crippen LogP contribution is 2.13. The Morgan fingerprint density at radius 2 is 1.75 bits per heavy atom. The minimum absolute atomic E-state index is 0.196. The van der Waals surface area contributed by atoms with E-state index in [0.717, 1.165) is 5.69 Å². The summed E-state index contributed by atoms with van der Waals surface area (Å²) in [5.74, 6) is -1.11. The first kappa shape index (κ1) is 12.2. The molecular weight excluding hydrogens is 206 g/mol. The number of hydrogen-bond donors (Lipinski definition) is 0. The molecule has 1 aromatic rings. The summed E-state index contributed by atoms with van der Waals surface area (Å²) < 4.78 is 4.59. The summed E-state index contributed by atoms with van der Waals surface area (Å²) in [6.45, 7) is 1.64. The van der Waals surface area contributed by atoms with Gasteiger partial charge in [-0.25, -0.2) is 4.79 Å². The Balaban J connectivity index is 2.74. The smallest absolute Gasteiger partial charge is 0.345 e. The molecule has 0 saturated heterocycles. The summed E-state index contributed by atoms with van der Waals surface area (Å²) in [5.41, 5.74) is 1.37. The van der Waals surface area contributed by atoms with Gasteiger partial charge in [0.15, 0.2) is 0 Å². The lowest BCUT2D eigenvalue weighted by Gasteiger charge is -2.12. The van der Waals surface area contributed by atoms with Gasteiger partial charge in [-0.1, -0.05) is 6.92 Å². The number of carbonyl (C=O) groups excluding carboxylic acids is 2. The zero-order valence-corrected chi connectivity index (χ0v) is 9.69. The summed E-state index contributed by atoms with van der Waals surface area (Å²) in [7, 11) is 3.82. The number of benzene rings is 1. The average Bonchev–Trinajstić information content (AvgIpc) is 2.28. The predicted molar refractivity (Wildman–Crippen MR) is 61.5 cm³/mol. The van der Waals surface area contributed by atoms with Crippen molar-refractivity contribution in [1.82, 2.24) is 0 Å². The van der Waals surface area contributed by atoms with Crippen molar-refractivity contribution in [3.05, 3.63) is 29.8 Å². The highest BCUT2D eigenvalue weighted by molar-refractivity contribution is 5.96. The van der Waals surface area contributed by atoms with Crippen LogP contribution in [-0.4, -0.2) is 26.0 Å². The minimum atomic E-state index is -0.600. The van der Waals surface area contributed by atoms with Crippen LogP contribution in [0.4, 0.5) is 5.69 Å². The van der Waals surface area contributed by atoms with E-state index in [1.54, 1.807) is 31.2 Å². The largest absolute Gasteiger partial charge is 0.389 e. The third-order valence-corrected chi connectivity index (χ3v) is 2.11. The molecule has 0 bridgehead atoms. The first-order chi connectivity index (χ1) is 7.54. The second-order valence-electron chi connectivity index (χ2n) is 3.56. The Morgan fingerprint density at radius 3 is 2.19 bits per heavy atom. The topological polar surface area (TPSA) is 46.6 Å². The molecule has 0 radical (unpaired) electrons. The zero-order chi connectivity index (χ0) is 12.1. The molecule has 0 aliphatic rings. The van der Waals surface area contributed by atoms with Gasteiger partial charge < -0.3 is 9.64 Å². The quantitative estimate of drug-likeness (QED) is 0.577. The number of esters is 2. The van der Waals surface area contributed by atoms with Gasteiger partial charge in [-0.3, -0.25) is 4.79 Å². The normalized spacial score (nSPS) is 9.69. The maximum atomic E-state index is 11.4.